The Hall–Kier alpha value is -2.03. The predicted octanol–water partition coefficient (Wildman–Crippen LogP) is 1.47. The maximum absolute atomic E-state index is 12.8. The number of hydrogen-bond acceptors (Lipinski definition) is 5. The van der Waals surface area contributed by atoms with E-state index in [4.69, 9.17) is 5.84 Å². The van der Waals surface area contributed by atoms with Crippen molar-refractivity contribution < 1.29 is 18.0 Å². The number of carbonyl (C=O) groups excluding carboxylic acids is 1. The summed E-state index contributed by atoms with van der Waals surface area (Å²) in [6.07, 6.45) is -2.66. The maximum atomic E-state index is 12.8. The summed E-state index contributed by atoms with van der Waals surface area (Å²) in [5.41, 5.74) is 1.17. The molecular formula is C12H16F3N5O. The number of aromatic nitrogens is 1. The first kappa shape index (κ1) is 15.4. The Bertz CT molecular complexity index is 530. The molecule has 116 valence electrons. The minimum atomic E-state index is -4.52. The van der Waals surface area contributed by atoms with Crippen molar-refractivity contribution in [2.45, 2.75) is 38.0 Å². The Balaban J connectivity index is 2.12. The van der Waals surface area contributed by atoms with Crippen molar-refractivity contribution >= 4 is 17.5 Å². The first-order chi connectivity index (χ1) is 9.79. The van der Waals surface area contributed by atoms with E-state index in [1.165, 1.54) is 0 Å². The fraction of sp³-hybridized carbons (Fsp3) is 0.500. The van der Waals surface area contributed by atoms with Crippen LogP contribution < -0.4 is 21.9 Å². The van der Waals surface area contributed by atoms with Crippen LogP contribution in [0.2, 0.25) is 0 Å². The van der Waals surface area contributed by atoms with Gasteiger partial charge in [-0.2, -0.15) is 13.2 Å². The summed E-state index contributed by atoms with van der Waals surface area (Å²) < 4.78 is 38.3. The van der Waals surface area contributed by atoms with E-state index in [1.54, 1.807) is 6.92 Å². The van der Waals surface area contributed by atoms with Gasteiger partial charge < -0.3 is 16.1 Å². The molecule has 1 unspecified atom stereocenters. The monoisotopic (exact) mass is 303 g/mol. The zero-order chi connectivity index (χ0) is 15.6. The van der Waals surface area contributed by atoms with Gasteiger partial charge >= 0.3 is 6.18 Å². The summed E-state index contributed by atoms with van der Waals surface area (Å²) in [5.74, 6) is 4.62. The Morgan fingerprint density at radius 2 is 2.00 bits per heavy atom. The Labute approximate surface area is 119 Å². The van der Waals surface area contributed by atoms with Gasteiger partial charge in [-0.1, -0.05) is 0 Å². The minimum absolute atomic E-state index is 0.0729. The van der Waals surface area contributed by atoms with E-state index in [0.29, 0.717) is 0 Å². The SMILES string of the molecule is CC(Nc1cc(C(F)(F)F)cc(NN)n1)C(=O)NC1CC1. The Kier molecular flexibility index (Phi) is 4.21. The van der Waals surface area contributed by atoms with E-state index >= 15 is 0 Å². The predicted molar refractivity (Wildman–Crippen MR) is 71.3 cm³/mol. The van der Waals surface area contributed by atoms with Crippen molar-refractivity contribution in [3.8, 4) is 0 Å². The van der Waals surface area contributed by atoms with Gasteiger partial charge in [-0.15, -0.1) is 0 Å². The lowest BCUT2D eigenvalue weighted by Crippen LogP contribution is -2.38. The average Bonchev–Trinajstić information content (AvgIpc) is 3.21. The summed E-state index contributed by atoms with van der Waals surface area (Å²) >= 11 is 0. The second-order valence-corrected chi connectivity index (χ2v) is 4.92. The molecule has 5 N–H and O–H groups in total. The Morgan fingerprint density at radius 1 is 1.38 bits per heavy atom. The number of nitrogens with one attached hydrogen (secondary N) is 3. The lowest BCUT2D eigenvalue weighted by molar-refractivity contribution is -0.137. The minimum Gasteiger partial charge on any atom is -0.359 e. The van der Waals surface area contributed by atoms with Gasteiger partial charge in [0.1, 0.15) is 17.7 Å². The molecule has 1 atom stereocenters. The summed E-state index contributed by atoms with van der Waals surface area (Å²) in [5, 5.41) is 5.40. The number of halogens is 3. The van der Waals surface area contributed by atoms with Crippen LogP contribution in [-0.2, 0) is 11.0 Å². The summed E-state index contributed by atoms with van der Waals surface area (Å²) in [6, 6.07) is 1.10. The van der Waals surface area contributed by atoms with Crippen LogP contribution in [0.4, 0.5) is 24.8 Å². The van der Waals surface area contributed by atoms with Gasteiger partial charge in [-0.05, 0) is 31.9 Å². The van der Waals surface area contributed by atoms with Crippen molar-refractivity contribution in [3.05, 3.63) is 17.7 Å². The molecule has 1 aliphatic rings. The van der Waals surface area contributed by atoms with Gasteiger partial charge in [0.25, 0.3) is 0 Å². The summed E-state index contributed by atoms with van der Waals surface area (Å²) in [4.78, 5) is 15.6. The maximum Gasteiger partial charge on any atom is 0.416 e. The third-order valence-corrected chi connectivity index (χ3v) is 2.98. The molecule has 1 amide bonds. The van der Waals surface area contributed by atoms with Crippen molar-refractivity contribution in [1.82, 2.24) is 10.3 Å². The molecule has 1 saturated carbocycles. The van der Waals surface area contributed by atoms with Gasteiger partial charge in [0, 0.05) is 6.04 Å². The second-order valence-electron chi connectivity index (χ2n) is 4.92. The molecule has 0 bridgehead atoms. The van der Waals surface area contributed by atoms with Gasteiger partial charge in [0.2, 0.25) is 5.91 Å². The number of anilines is 2. The van der Waals surface area contributed by atoms with E-state index in [-0.39, 0.29) is 23.6 Å². The molecule has 0 spiro atoms. The van der Waals surface area contributed by atoms with E-state index < -0.39 is 17.8 Å². The standard InChI is InChI=1S/C12H16F3N5O/c1-6(11(21)18-8-2-3-8)17-9-4-7(12(13,14)15)5-10(19-9)20-16/h4-6,8H,2-3,16H2,1H3,(H,18,21)(H2,17,19,20). The third kappa shape index (κ3) is 4.22. The first-order valence-electron chi connectivity index (χ1n) is 6.42. The van der Waals surface area contributed by atoms with Crippen molar-refractivity contribution in [2.24, 2.45) is 5.84 Å². The van der Waals surface area contributed by atoms with E-state index in [1.807, 2.05) is 0 Å². The normalized spacial score (nSPS) is 16.2. The fourth-order valence-corrected chi connectivity index (χ4v) is 1.68. The third-order valence-electron chi connectivity index (χ3n) is 2.98. The fourth-order valence-electron chi connectivity index (χ4n) is 1.68. The van der Waals surface area contributed by atoms with Crippen molar-refractivity contribution in [2.75, 3.05) is 10.7 Å². The molecule has 0 aromatic carbocycles. The van der Waals surface area contributed by atoms with Crippen LogP contribution in [0.3, 0.4) is 0 Å². The topological polar surface area (TPSA) is 92.1 Å². The van der Waals surface area contributed by atoms with Crippen LogP contribution in [0.15, 0.2) is 12.1 Å². The van der Waals surface area contributed by atoms with Crippen LogP contribution in [0, 0.1) is 0 Å². The quantitative estimate of drug-likeness (QED) is 0.488. The van der Waals surface area contributed by atoms with Gasteiger partial charge in [0.05, 0.1) is 5.56 Å². The molecule has 1 aliphatic carbocycles. The van der Waals surface area contributed by atoms with Crippen LogP contribution in [0.25, 0.3) is 0 Å². The van der Waals surface area contributed by atoms with Crippen molar-refractivity contribution in [3.63, 3.8) is 0 Å². The highest BCUT2D eigenvalue weighted by atomic mass is 19.4. The Morgan fingerprint density at radius 3 is 2.52 bits per heavy atom. The number of pyridine rings is 1. The number of nitrogens with zero attached hydrogens (tertiary/aromatic N) is 1. The number of nitrogen functional groups attached to an aromatic ring is 1. The van der Waals surface area contributed by atoms with E-state index in [2.05, 4.69) is 21.0 Å². The first-order valence-corrected chi connectivity index (χ1v) is 6.42. The van der Waals surface area contributed by atoms with Crippen LogP contribution in [0.1, 0.15) is 25.3 Å². The molecule has 0 saturated heterocycles. The van der Waals surface area contributed by atoms with Gasteiger partial charge in [-0.25, -0.2) is 10.8 Å². The molecule has 21 heavy (non-hydrogen) atoms. The van der Waals surface area contributed by atoms with Gasteiger partial charge in [0.15, 0.2) is 0 Å². The molecular weight excluding hydrogens is 287 g/mol. The molecule has 1 fully saturated rings. The number of rotatable bonds is 5. The highest BCUT2D eigenvalue weighted by molar-refractivity contribution is 5.84. The number of amides is 1. The molecule has 0 radical (unpaired) electrons. The molecule has 1 aromatic rings. The number of carbonyl (C=O) groups is 1. The van der Waals surface area contributed by atoms with Gasteiger partial charge in [-0.3, -0.25) is 4.79 Å². The summed E-state index contributed by atoms with van der Waals surface area (Å²) in [6.45, 7) is 1.55. The largest absolute Gasteiger partial charge is 0.416 e. The lowest BCUT2D eigenvalue weighted by atomic mass is 10.2. The number of hydrazine groups is 1. The molecule has 1 heterocycles. The second kappa shape index (κ2) is 5.76. The van der Waals surface area contributed by atoms with Crippen LogP contribution in [0.5, 0.6) is 0 Å². The molecule has 2 rings (SSSR count). The van der Waals surface area contributed by atoms with Crippen molar-refractivity contribution in [1.29, 1.82) is 0 Å². The molecule has 9 heteroatoms. The average molecular weight is 303 g/mol. The zero-order valence-electron chi connectivity index (χ0n) is 11.3. The lowest BCUT2D eigenvalue weighted by Gasteiger charge is -2.16. The van der Waals surface area contributed by atoms with Crippen LogP contribution >= 0.6 is 0 Å². The summed E-state index contributed by atoms with van der Waals surface area (Å²) in [7, 11) is 0. The van der Waals surface area contributed by atoms with E-state index in [9.17, 15) is 18.0 Å². The number of hydrogen-bond donors (Lipinski definition) is 4. The molecule has 0 aliphatic heterocycles. The number of nitrogens with two attached hydrogens (primary N) is 1. The highest BCUT2D eigenvalue weighted by Gasteiger charge is 2.32. The number of alkyl halides is 3. The zero-order valence-corrected chi connectivity index (χ0v) is 11.3. The van der Waals surface area contributed by atoms with E-state index in [0.717, 1.165) is 25.0 Å². The molecule has 6 nitrogen and oxygen atoms in total. The molecule has 1 aromatic heterocycles. The smallest absolute Gasteiger partial charge is 0.359 e. The van der Waals surface area contributed by atoms with Crippen LogP contribution in [-0.4, -0.2) is 23.0 Å². The highest BCUT2D eigenvalue weighted by Crippen LogP contribution is 2.32.